The van der Waals surface area contributed by atoms with Gasteiger partial charge in [-0.1, -0.05) is 24.3 Å². The highest BCUT2D eigenvalue weighted by Gasteiger charge is 2.19. The summed E-state index contributed by atoms with van der Waals surface area (Å²) in [5.41, 5.74) is 2.26. The number of carboxylic acid groups (broad SMARTS) is 2. The van der Waals surface area contributed by atoms with Crippen LogP contribution in [0.15, 0.2) is 36.4 Å². The van der Waals surface area contributed by atoms with E-state index in [0.29, 0.717) is 9.13 Å². The van der Waals surface area contributed by atoms with Crippen molar-refractivity contribution in [2.24, 2.45) is 0 Å². The largest absolute Gasteiger partial charge is 0.478 e. The molecule has 0 aliphatic carbocycles. The summed E-state index contributed by atoms with van der Waals surface area (Å²) in [7, 11) is 0. The molecule has 0 fully saturated rings. The number of carbonyl (C=O) groups is 2. The molecule has 0 aliphatic rings. The molecule has 0 amide bonds. The maximum absolute atomic E-state index is 11.4. The molecule has 2 rings (SSSR count). The Morgan fingerprint density at radius 2 is 1.55 bits per heavy atom. The van der Waals surface area contributed by atoms with E-state index in [2.05, 4.69) is 0 Å². The summed E-state index contributed by atoms with van der Waals surface area (Å²) in [5, 5.41) is 18.5. The molecule has 0 bridgehead atoms. The lowest BCUT2D eigenvalue weighted by Crippen LogP contribution is -2.06. The lowest BCUT2D eigenvalue weighted by molar-refractivity contribution is 0.0681. The van der Waals surface area contributed by atoms with Crippen LogP contribution in [-0.2, 0) is 0 Å². The van der Waals surface area contributed by atoms with Crippen LogP contribution in [0.3, 0.4) is 0 Å². The number of carboxylic acids is 2. The molecule has 0 saturated carbocycles. The van der Waals surface area contributed by atoms with Crippen LogP contribution in [0.4, 0.5) is 0 Å². The number of hydrogen-bond acceptors (Lipinski definition) is 2. The lowest BCUT2D eigenvalue weighted by atomic mass is 9.94. The smallest absolute Gasteiger partial charge is 0.336 e. The van der Waals surface area contributed by atoms with Crippen LogP contribution in [0.25, 0.3) is 11.1 Å². The summed E-state index contributed by atoms with van der Waals surface area (Å²) < 4.78 is 0.407. The van der Waals surface area contributed by atoms with E-state index in [1.54, 1.807) is 12.1 Å². The molecule has 102 valence electrons. The zero-order chi connectivity index (χ0) is 14.9. The topological polar surface area (TPSA) is 74.6 Å². The third-order valence-corrected chi connectivity index (χ3v) is 3.90. The first-order valence-electron chi connectivity index (χ1n) is 5.78. The average Bonchev–Trinajstić information content (AvgIpc) is 2.38. The van der Waals surface area contributed by atoms with Crippen molar-refractivity contribution in [3.05, 3.63) is 56.7 Å². The van der Waals surface area contributed by atoms with Gasteiger partial charge in [-0.25, -0.2) is 9.59 Å². The Labute approximate surface area is 129 Å². The van der Waals surface area contributed by atoms with Crippen LogP contribution in [0.1, 0.15) is 26.3 Å². The van der Waals surface area contributed by atoms with Gasteiger partial charge < -0.3 is 10.2 Å². The molecule has 0 aromatic heterocycles. The van der Waals surface area contributed by atoms with E-state index < -0.39 is 11.9 Å². The second-order valence-electron chi connectivity index (χ2n) is 4.30. The van der Waals surface area contributed by atoms with Gasteiger partial charge in [-0.2, -0.15) is 0 Å². The van der Waals surface area contributed by atoms with Crippen molar-refractivity contribution in [3.8, 4) is 11.1 Å². The van der Waals surface area contributed by atoms with Crippen molar-refractivity contribution in [2.45, 2.75) is 6.92 Å². The minimum atomic E-state index is -1.07. The van der Waals surface area contributed by atoms with Crippen LogP contribution in [0, 0.1) is 10.5 Å². The third kappa shape index (κ3) is 2.67. The highest BCUT2D eigenvalue weighted by atomic mass is 127. The van der Waals surface area contributed by atoms with Gasteiger partial charge in [0.05, 0.1) is 11.1 Å². The maximum atomic E-state index is 11.4. The fourth-order valence-electron chi connectivity index (χ4n) is 2.01. The molecule has 0 radical (unpaired) electrons. The summed E-state index contributed by atoms with van der Waals surface area (Å²) in [4.78, 5) is 22.6. The van der Waals surface area contributed by atoms with E-state index in [1.165, 1.54) is 12.1 Å². The van der Waals surface area contributed by atoms with Gasteiger partial charge in [0.25, 0.3) is 0 Å². The quantitative estimate of drug-likeness (QED) is 0.795. The summed E-state index contributed by atoms with van der Waals surface area (Å²) in [6.45, 7) is 1.86. The zero-order valence-corrected chi connectivity index (χ0v) is 12.7. The number of benzene rings is 2. The first-order chi connectivity index (χ1) is 9.41. The van der Waals surface area contributed by atoms with Crippen LogP contribution in [-0.4, -0.2) is 22.2 Å². The summed E-state index contributed by atoms with van der Waals surface area (Å²) in [6, 6.07) is 10.1. The molecule has 0 atom stereocenters. The van der Waals surface area contributed by atoms with E-state index in [4.69, 9.17) is 0 Å². The fraction of sp³-hybridized carbons (Fsp3) is 0.0667. The fourth-order valence-corrected chi connectivity index (χ4v) is 2.71. The van der Waals surface area contributed by atoms with Gasteiger partial charge in [-0.15, -0.1) is 0 Å². The van der Waals surface area contributed by atoms with Crippen LogP contribution < -0.4 is 0 Å². The van der Waals surface area contributed by atoms with E-state index in [9.17, 15) is 19.8 Å². The van der Waals surface area contributed by atoms with Gasteiger partial charge in [-0.3, -0.25) is 0 Å². The number of rotatable bonds is 3. The van der Waals surface area contributed by atoms with E-state index in [1.807, 2.05) is 41.6 Å². The van der Waals surface area contributed by atoms with Gasteiger partial charge in [0.2, 0.25) is 0 Å². The van der Waals surface area contributed by atoms with E-state index in [-0.39, 0.29) is 11.1 Å². The minimum Gasteiger partial charge on any atom is -0.478 e. The van der Waals surface area contributed by atoms with Crippen molar-refractivity contribution in [3.63, 3.8) is 0 Å². The summed E-state index contributed by atoms with van der Waals surface area (Å²) in [6.07, 6.45) is 0. The second-order valence-corrected chi connectivity index (χ2v) is 5.47. The number of halogens is 1. The Morgan fingerprint density at radius 3 is 2.10 bits per heavy atom. The molecular weight excluding hydrogens is 371 g/mol. The van der Waals surface area contributed by atoms with Gasteiger partial charge in [0, 0.05) is 3.57 Å². The Kier molecular flexibility index (Phi) is 4.08. The van der Waals surface area contributed by atoms with Crippen LogP contribution >= 0.6 is 22.6 Å². The first-order valence-corrected chi connectivity index (χ1v) is 6.86. The van der Waals surface area contributed by atoms with E-state index >= 15 is 0 Å². The molecule has 0 unspecified atom stereocenters. The molecule has 20 heavy (non-hydrogen) atoms. The van der Waals surface area contributed by atoms with Crippen LogP contribution in [0.2, 0.25) is 0 Å². The predicted molar refractivity (Wildman–Crippen MR) is 83.3 cm³/mol. The van der Waals surface area contributed by atoms with Gasteiger partial charge in [0.1, 0.15) is 0 Å². The molecule has 0 spiro atoms. The number of aromatic carboxylic acids is 2. The summed E-state index contributed by atoms with van der Waals surface area (Å²) >= 11 is 1.84. The third-order valence-electron chi connectivity index (χ3n) is 3.00. The zero-order valence-electron chi connectivity index (χ0n) is 10.6. The van der Waals surface area contributed by atoms with Crippen molar-refractivity contribution < 1.29 is 19.8 Å². The van der Waals surface area contributed by atoms with Crippen LogP contribution in [0.5, 0.6) is 0 Å². The molecule has 0 heterocycles. The second kappa shape index (κ2) is 5.62. The van der Waals surface area contributed by atoms with Crippen molar-refractivity contribution in [1.82, 2.24) is 0 Å². The average molecular weight is 382 g/mol. The lowest BCUT2D eigenvalue weighted by Gasteiger charge is -2.12. The highest BCUT2D eigenvalue weighted by molar-refractivity contribution is 14.1. The van der Waals surface area contributed by atoms with E-state index in [0.717, 1.165) is 11.1 Å². The predicted octanol–water partition coefficient (Wildman–Crippen LogP) is 3.66. The number of aryl methyl sites for hydroxylation is 1. The molecule has 2 aromatic carbocycles. The van der Waals surface area contributed by atoms with Gasteiger partial charge >= 0.3 is 11.9 Å². The van der Waals surface area contributed by atoms with Crippen molar-refractivity contribution in [2.75, 3.05) is 0 Å². The Balaban J connectivity index is 2.79. The standard InChI is InChI=1S/C15H11IO4/c1-8-4-2-3-5-9(8)10-6-12(15(19)20)13(16)7-11(10)14(17)18/h2-7H,1H3,(H,17,18)(H,19,20). The van der Waals surface area contributed by atoms with Crippen molar-refractivity contribution in [1.29, 1.82) is 0 Å². The molecule has 0 saturated heterocycles. The van der Waals surface area contributed by atoms with Crippen molar-refractivity contribution >= 4 is 34.5 Å². The molecule has 2 N–H and O–H groups in total. The SMILES string of the molecule is Cc1ccccc1-c1cc(C(=O)O)c(I)cc1C(=O)O. The first kappa shape index (κ1) is 14.5. The highest BCUT2D eigenvalue weighted by Crippen LogP contribution is 2.30. The minimum absolute atomic E-state index is 0.105. The van der Waals surface area contributed by atoms with Gasteiger partial charge in [0.15, 0.2) is 0 Å². The normalized spacial score (nSPS) is 10.3. The Hall–Kier alpha value is -1.89. The molecule has 0 aliphatic heterocycles. The Bertz CT molecular complexity index is 707. The number of hydrogen-bond donors (Lipinski definition) is 2. The maximum Gasteiger partial charge on any atom is 0.336 e. The van der Waals surface area contributed by atoms with Gasteiger partial charge in [-0.05, 0) is 58.3 Å². The molecule has 4 nitrogen and oxygen atoms in total. The molecular formula is C15H11IO4. The monoisotopic (exact) mass is 382 g/mol. The Morgan fingerprint density at radius 1 is 0.950 bits per heavy atom. The summed E-state index contributed by atoms with van der Waals surface area (Å²) in [5.74, 6) is -2.14. The molecule has 2 aromatic rings. The molecule has 5 heteroatoms.